The Hall–Kier alpha value is -2.17. The average molecular weight is 344 g/mol. The Labute approximate surface area is 145 Å². The third-order valence-electron chi connectivity index (χ3n) is 4.34. The molecule has 5 heteroatoms. The molecule has 1 atom stereocenters. The van der Waals surface area contributed by atoms with Gasteiger partial charge in [0.2, 0.25) is 0 Å². The van der Waals surface area contributed by atoms with Crippen molar-refractivity contribution in [3.63, 3.8) is 0 Å². The Morgan fingerprint density at radius 2 is 1.92 bits per heavy atom. The number of aryl methyl sites for hydroxylation is 1. The lowest BCUT2D eigenvalue weighted by Crippen LogP contribution is -2.41. The smallest absolute Gasteiger partial charge is 0.264 e. The van der Waals surface area contributed by atoms with Crippen LogP contribution in [-0.4, -0.2) is 16.8 Å². The molecule has 0 spiro atoms. The Morgan fingerprint density at radius 3 is 2.58 bits per heavy atom. The number of para-hydroxylation sites is 1. The van der Waals surface area contributed by atoms with Crippen molar-refractivity contribution < 1.29 is 14.7 Å². The van der Waals surface area contributed by atoms with Crippen LogP contribution in [0, 0.1) is 6.92 Å². The molecule has 1 aliphatic heterocycles. The first-order valence-electron chi connectivity index (χ1n) is 7.72. The van der Waals surface area contributed by atoms with Gasteiger partial charge in [-0.1, -0.05) is 48.0 Å². The molecular weight excluding hydrogens is 326 g/mol. The zero-order valence-electron chi connectivity index (χ0n) is 13.5. The van der Waals surface area contributed by atoms with E-state index in [2.05, 4.69) is 0 Å². The van der Waals surface area contributed by atoms with E-state index in [0.717, 1.165) is 11.1 Å². The van der Waals surface area contributed by atoms with Crippen molar-refractivity contribution in [1.29, 1.82) is 0 Å². The quantitative estimate of drug-likeness (QED) is 0.926. The van der Waals surface area contributed by atoms with Crippen LogP contribution < -0.4 is 4.90 Å². The molecule has 1 aliphatic rings. The maximum absolute atomic E-state index is 13.0. The predicted octanol–water partition coefficient (Wildman–Crippen LogP) is 3.36. The van der Waals surface area contributed by atoms with Crippen molar-refractivity contribution in [2.24, 2.45) is 0 Å². The first-order valence-corrected chi connectivity index (χ1v) is 8.09. The van der Waals surface area contributed by atoms with Gasteiger partial charge >= 0.3 is 0 Å². The molecular formula is C19H18ClNO3. The zero-order valence-corrected chi connectivity index (χ0v) is 14.3. The largest absolute Gasteiger partial charge is 0.375 e. The summed E-state index contributed by atoms with van der Waals surface area (Å²) in [7, 11) is 0. The van der Waals surface area contributed by atoms with E-state index < -0.39 is 11.5 Å². The molecule has 124 valence electrons. The lowest BCUT2D eigenvalue weighted by molar-refractivity contribution is -0.141. The van der Waals surface area contributed by atoms with Crippen molar-refractivity contribution >= 4 is 29.0 Å². The van der Waals surface area contributed by atoms with Crippen LogP contribution in [0.15, 0.2) is 42.5 Å². The van der Waals surface area contributed by atoms with E-state index in [4.69, 9.17) is 11.6 Å². The highest BCUT2D eigenvalue weighted by Gasteiger charge is 2.50. The SMILES string of the molecule is CC(=O)C[C@]1(O)C(=O)N(Cc2ccccc2Cl)c2c(C)cccc21. The molecule has 0 unspecified atom stereocenters. The van der Waals surface area contributed by atoms with E-state index in [9.17, 15) is 14.7 Å². The minimum atomic E-state index is -1.81. The highest BCUT2D eigenvalue weighted by atomic mass is 35.5. The fourth-order valence-corrected chi connectivity index (χ4v) is 3.47. The van der Waals surface area contributed by atoms with Crippen molar-refractivity contribution in [1.82, 2.24) is 0 Å². The third kappa shape index (κ3) is 2.62. The molecule has 1 heterocycles. The molecule has 0 bridgehead atoms. The minimum Gasteiger partial charge on any atom is -0.375 e. The van der Waals surface area contributed by atoms with Gasteiger partial charge in [0.1, 0.15) is 5.78 Å². The van der Waals surface area contributed by atoms with Gasteiger partial charge in [-0.15, -0.1) is 0 Å². The molecule has 1 amide bonds. The van der Waals surface area contributed by atoms with Crippen LogP contribution in [0.3, 0.4) is 0 Å². The molecule has 4 nitrogen and oxygen atoms in total. The maximum Gasteiger partial charge on any atom is 0.264 e. The summed E-state index contributed by atoms with van der Waals surface area (Å²) in [5.74, 6) is -0.722. The molecule has 2 aromatic carbocycles. The van der Waals surface area contributed by atoms with Gasteiger partial charge in [0.25, 0.3) is 5.91 Å². The van der Waals surface area contributed by atoms with Crippen molar-refractivity contribution in [3.05, 3.63) is 64.2 Å². The Kier molecular flexibility index (Phi) is 4.20. The van der Waals surface area contributed by atoms with Crippen LogP contribution in [0.4, 0.5) is 5.69 Å². The number of carbonyl (C=O) groups excluding carboxylic acids is 2. The maximum atomic E-state index is 13.0. The lowest BCUT2D eigenvalue weighted by Gasteiger charge is -2.22. The van der Waals surface area contributed by atoms with Gasteiger partial charge in [0.05, 0.1) is 12.2 Å². The Balaban J connectivity index is 2.10. The normalized spacial score (nSPS) is 19.5. The van der Waals surface area contributed by atoms with Crippen LogP contribution in [0.25, 0.3) is 0 Å². The summed E-state index contributed by atoms with van der Waals surface area (Å²) in [6.45, 7) is 3.50. The van der Waals surface area contributed by atoms with Crippen molar-refractivity contribution in [2.75, 3.05) is 4.90 Å². The first-order chi connectivity index (χ1) is 11.3. The van der Waals surface area contributed by atoms with E-state index in [1.54, 1.807) is 18.2 Å². The summed E-state index contributed by atoms with van der Waals surface area (Å²) in [5.41, 5.74) is 0.983. The van der Waals surface area contributed by atoms with E-state index in [1.807, 2.05) is 31.2 Å². The van der Waals surface area contributed by atoms with Gasteiger partial charge < -0.3 is 10.0 Å². The molecule has 0 fully saturated rings. The van der Waals surface area contributed by atoms with E-state index in [-0.39, 0.29) is 18.7 Å². The molecule has 3 rings (SSSR count). The molecule has 0 aromatic heterocycles. The number of anilines is 1. The van der Waals surface area contributed by atoms with Gasteiger partial charge in [0.15, 0.2) is 5.60 Å². The highest BCUT2D eigenvalue weighted by Crippen LogP contribution is 2.45. The second kappa shape index (κ2) is 6.04. The zero-order chi connectivity index (χ0) is 17.5. The number of amides is 1. The summed E-state index contributed by atoms with van der Waals surface area (Å²) in [6.07, 6.45) is -0.235. The molecule has 24 heavy (non-hydrogen) atoms. The van der Waals surface area contributed by atoms with Crippen LogP contribution in [0.5, 0.6) is 0 Å². The van der Waals surface area contributed by atoms with Crippen molar-refractivity contribution in [3.8, 4) is 0 Å². The van der Waals surface area contributed by atoms with Crippen molar-refractivity contribution in [2.45, 2.75) is 32.4 Å². The van der Waals surface area contributed by atoms with Gasteiger partial charge in [-0.25, -0.2) is 0 Å². The number of fused-ring (bicyclic) bond motifs is 1. The molecule has 0 aliphatic carbocycles. The third-order valence-corrected chi connectivity index (χ3v) is 4.71. The number of Topliss-reactive ketones (excluding diaryl/α,β-unsaturated/α-hetero) is 1. The Morgan fingerprint density at radius 1 is 1.21 bits per heavy atom. The summed E-state index contributed by atoms with van der Waals surface area (Å²) < 4.78 is 0. The van der Waals surface area contributed by atoms with E-state index >= 15 is 0 Å². The molecule has 0 radical (unpaired) electrons. The standard InChI is InChI=1S/C19H18ClNO3/c1-12-6-5-8-15-17(12)21(11-14-7-3-4-9-16(14)20)18(23)19(15,24)10-13(2)22/h3-9,24H,10-11H2,1-2H3/t19-/m1/s1. The molecule has 0 saturated carbocycles. The van der Waals surface area contributed by atoms with Gasteiger partial charge in [-0.2, -0.15) is 0 Å². The van der Waals surface area contributed by atoms with Gasteiger partial charge in [-0.3, -0.25) is 9.59 Å². The monoisotopic (exact) mass is 343 g/mol. The minimum absolute atomic E-state index is 0.235. The number of benzene rings is 2. The first kappa shape index (κ1) is 16.7. The average Bonchev–Trinajstić information content (AvgIpc) is 2.72. The summed E-state index contributed by atoms with van der Waals surface area (Å²) in [5, 5.41) is 11.5. The fraction of sp³-hybridized carbons (Fsp3) is 0.263. The lowest BCUT2D eigenvalue weighted by atomic mass is 9.89. The summed E-state index contributed by atoms with van der Waals surface area (Å²) in [6, 6.07) is 12.6. The number of hydrogen-bond acceptors (Lipinski definition) is 3. The number of ketones is 1. The predicted molar refractivity (Wildman–Crippen MR) is 93.0 cm³/mol. The van der Waals surface area contributed by atoms with Crippen LogP contribution in [0.1, 0.15) is 30.0 Å². The number of nitrogens with zero attached hydrogens (tertiary/aromatic N) is 1. The molecule has 2 aromatic rings. The fourth-order valence-electron chi connectivity index (χ4n) is 3.27. The number of halogens is 1. The van der Waals surface area contributed by atoms with Crippen LogP contribution in [-0.2, 0) is 21.7 Å². The summed E-state index contributed by atoms with van der Waals surface area (Å²) in [4.78, 5) is 26.1. The number of aliphatic hydroxyl groups is 1. The summed E-state index contributed by atoms with van der Waals surface area (Å²) >= 11 is 6.22. The topological polar surface area (TPSA) is 57.6 Å². The second-order valence-electron chi connectivity index (χ2n) is 6.19. The van der Waals surface area contributed by atoms with E-state index in [1.165, 1.54) is 11.8 Å². The molecule has 1 N–H and O–H groups in total. The van der Waals surface area contributed by atoms with E-state index in [0.29, 0.717) is 16.3 Å². The second-order valence-corrected chi connectivity index (χ2v) is 6.60. The number of hydrogen-bond donors (Lipinski definition) is 1. The van der Waals surface area contributed by atoms with Crippen LogP contribution >= 0.6 is 11.6 Å². The highest BCUT2D eigenvalue weighted by molar-refractivity contribution is 6.31. The van der Waals surface area contributed by atoms with Gasteiger partial charge in [0, 0.05) is 17.0 Å². The number of carbonyl (C=O) groups is 2. The van der Waals surface area contributed by atoms with Crippen LogP contribution in [0.2, 0.25) is 5.02 Å². The Bertz CT molecular complexity index is 833. The molecule has 0 saturated heterocycles. The number of rotatable bonds is 4. The van der Waals surface area contributed by atoms with Gasteiger partial charge in [-0.05, 0) is 31.0 Å².